The average molecular weight is 206 g/mol. The van der Waals surface area contributed by atoms with E-state index in [1.165, 1.54) is 5.57 Å². The number of hydrogen-bond acceptors (Lipinski definition) is 1. The Morgan fingerprint density at radius 3 is 2.53 bits per heavy atom. The molecule has 0 fully saturated rings. The molecule has 1 aromatic heterocycles. The Bertz CT molecular complexity index is 319. The molecule has 0 saturated heterocycles. The van der Waals surface area contributed by atoms with Crippen LogP contribution in [0.1, 0.15) is 39.9 Å². The number of imidazole rings is 1. The van der Waals surface area contributed by atoms with Crippen LogP contribution in [0.2, 0.25) is 0 Å². The summed E-state index contributed by atoms with van der Waals surface area (Å²) in [5.74, 6) is 1.02. The first kappa shape index (κ1) is 13.7. The Morgan fingerprint density at radius 1 is 1.47 bits per heavy atom. The molecule has 0 N–H and O–H groups in total. The van der Waals surface area contributed by atoms with E-state index in [0.717, 1.165) is 12.2 Å². The lowest BCUT2D eigenvalue weighted by Crippen LogP contribution is -1.89. The molecule has 1 rings (SSSR count). The largest absolute Gasteiger partial charge is 0.311 e. The van der Waals surface area contributed by atoms with Gasteiger partial charge in [0, 0.05) is 18.6 Å². The van der Waals surface area contributed by atoms with Crippen molar-refractivity contribution in [2.45, 2.75) is 41.0 Å². The maximum atomic E-state index is 4.16. The molecule has 0 aromatic carbocycles. The van der Waals surface area contributed by atoms with Crippen molar-refractivity contribution < 1.29 is 0 Å². The summed E-state index contributed by atoms with van der Waals surface area (Å²) in [6.45, 7) is 10.2. The molecular weight excluding hydrogens is 184 g/mol. The van der Waals surface area contributed by atoms with E-state index in [2.05, 4.69) is 30.3 Å². The molecule has 2 nitrogen and oxygen atoms in total. The number of hydrogen-bond donors (Lipinski definition) is 0. The lowest BCUT2D eigenvalue weighted by Gasteiger charge is -2.00. The second kappa shape index (κ2) is 8.04. The molecule has 0 aliphatic carbocycles. The van der Waals surface area contributed by atoms with Crippen LogP contribution in [-0.2, 0) is 0 Å². The van der Waals surface area contributed by atoms with Crippen molar-refractivity contribution in [1.82, 2.24) is 9.55 Å². The van der Waals surface area contributed by atoms with Gasteiger partial charge in [-0.3, -0.25) is 0 Å². The highest BCUT2D eigenvalue weighted by molar-refractivity contribution is 5.38. The van der Waals surface area contributed by atoms with Gasteiger partial charge in [-0.1, -0.05) is 32.9 Å². The van der Waals surface area contributed by atoms with Gasteiger partial charge in [0.2, 0.25) is 0 Å². The molecule has 0 unspecified atom stereocenters. The fraction of sp³-hybridized carbons (Fsp3) is 0.462. The van der Waals surface area contributed by atoms with E-state index in [4.69, 9.17) is 0 Å². The van der Waals surface area contributed by atoms with Crippen molar-refractivity contribution in [3.63, 3.8) is 0 Å². The van der Waals surface area contributed by atoms with Crippen LogP contribution in [0.4, 0.5) is 0 Å². The summed E-state index contributed by atoms with van der Waals surface area (Å²) in [6.07, 6.45) is 11.1. The lowest BCUT2D eigenvalue weighted by molar-refractivity contribution is 1.01. The lowest BCUT2D eigenvalue weighted by atomic mass is 10.2. The Hall–Kier alpha value is -1.31. The maximum Gasteiger partial charge on any atom is 0.109 e. The molecule has 1 heterocycles. The van der Waals surface area contributed by atoms with E-state index in [1.54, 1.807) is 0 Å². The van der Waals surface area contributed by atoms with E-state index in [0.29, 0.717) is 0 Å². The summed E-state index contributed by atoms with van der Waals surface area (Å²) in [6, 6.07) is 0. The standard InChI is InChI=1S/C11H16N2.C2H6/c1-4-6-11(5-2)9-13-8-7-12-10(13)3;1-2/h4,6-9H,5H2,1-3H3;1-2H3/b6-4-,11-9-;. The van der Waals surface area contributed by atoms with Crippen molar-refractivity contribution >= 4 is 6.20 Å². The van der Waals surface area contributed by atoms with Gasteiger partial charge in [-0.25, -0.2) is 4.98 Å². The van der Waals surface area contributed by atoms with Gasteiger partial charge < -0.3 is 4.57 Å². The van der Waals surface area contributed by atoms with Crippen LogP contribution >= 0.6 is 0 Å². The van der Waals surface area contributed by atoms with E-state index in [1.807, 2.05) is 44.7 Å². The molecular formula is C13H22N2. The molecule has 0 aliphatic heterocycles. The van der Waals surface area contributed by atoms with E-state index in [9.17, 15) is 0 Å². The van der Waals surface area contributed by atoms with E-state index < -0.39 is 0 Å². The highest BCUT2D eigenvalue weighted by atomic mass is 15.0. The molecule has 0 aliphatic rings. The van der Waals surface area contributed by atoms with Crippen LogP contribution in [-0.4, -0.2) is 9.55 Å². The fourth-order valence-electron chi connectivity index (χ4n) is 1.17. The molecule has 0 saturated carbocycles. The van der Waals surface area contributed by atoms with Gasteiger partial charge in [0.05, 0.1) is 0 Å². The quantitative estimate of drug-likeness (QED) is 0.682. The van der Waals surface area contributed by atoms with Gasteiger partial charge in [-0.2, -0.15) is 0 Å². The summed E-state index contributed by atoms with van der Waals surface area (Å²) in [5, 5.41) is 0. The van der Waals surface area contributed by atoms with Gasteiger partial charge in [0.15, 0.2) is 0 Å². The molecule has 84 valence electrons. The third-order valence-corrected chi connectivity index (χ3v) is 1.96. The first-order valence-electron chi connectivity index (χ1n) is 5.60. The molecule has 2 heteroatoms. The van der Waals surface area contributed by atoms with Crippen molar-refractivity contribution in [3.05, 3.63) is 35.9 Å². The van der Waals surface area contributed by atoms with Crippen molar-refractivity contribution in [2.75, 3.05) is 0 Å². The predicted octanol–water partition coefficient (Wildman–Crippen LogP) is 4.04. The average Bonchev–Trinajstić information content (AvgIpc) is 2.67. The number of aryl methyl sites for hydroxylation is 1. The number of aromatic nitrogens is 2. The highest BCUT2D eigenvalue weighted by Gasteiger charge is 1.93. The van der Waals surface area contributed by atoms with Crippen LogP contribution < -0.4 is 0 Å². The molecule has 0 amide bonds. The highest BCUT2D eigenvalue weighted by Crippen LogP contribution is 2.06. The summed E-state index contributed by atoms with van der Waals surface area (Å²) in [5.41, 5.74) is 1.31. The smallest absolute Gasteiger partial charge is 0.109 e. The Morgan fingerprint density at radius 2 is 2.13 bits per heavy atom. The molecule has 0 radical (unpaired) electrons. The van der Waals surface area contributed by atoms with Crippen LogP contribution in [0.15, 0.2) is 30.1 Å². The Kier molecular flexibility index (Phi) is 7.33. The number of rotatable bonds is 3. The third-order valence-electron chi connectivity index (χ3n) is 1.96. The predicted molar refractivity (Wildman–Crippen MR) is 67.7 cm³/mol. The number of allylic oxidation sites excluding steroid dienone is 3. The summed E-state index contributed by atoms with van der Waals surface area (Å²) in [7, 11) is 0. The third kappa shape index (κ3) is 4.63. The Labute approximate surface area is 93.3 Å². The van der Waals surface area contributed by atoms with Gasteiger partial charge in [-0.05, 0) is 25.8 Å². The van der Waals surface area contributed by atoms with E-state index >= 15 is 0 Å². The molecule has 1 aromatic rings. The zero-order valence-electron chi connectivity index (χ0n) is 10.5. The van der Waals surface area contributed by atoms with E-state index in [-0.39, 0.29) is 0 Å². The van der Waals surface area contributed by atoms with Crippen LogP contribution in [0.5, 0.6) is 0 Å². The fourth-order valence-corrected chi connectivity index (χ4v) is 1.17. The normalized spacial score (nSPS) is 11.4. The zero-order chi connectivity index (χ0) is 11.7. The minimum absolute atomic E-state index is 1.02. The number of nitrogens with zero attached hydrogens (tertiary/aromatic N) is 2. The van der Waals surface area contributed by atoms with Crippen LogP contribution in [0, 0.1) is 6.92 Å². The van der Waals surface area contributed by atoms with Crippen LogP contribution in [0.25, 0.3) is 6.20 Å². The van der Waals surface area contributed by atoms with Crippen molar-refractivity contribution in [3.8, 4) is 0 Å². The van der Waals surface area contributed by atoms with Crippen molar-refractivity contribution in [2.24, 2.45) is 0 Å². The molecule has 15 heavy (non-hydrogen) atoms. The van der Waals surface area contributed by atoms with Gasteiger partial charge in [0.1, 0.15) is 5.82 Å². The summed E-state index contributed by atoms with van der Waals surface area (Å²) < 4.78 is 2.04. The zero-order valence-corrected chi connectivity index (χ0v) is 10.5. The SMILES string of the molecule is C/C=C\C(=C/n1ccnc1C)CC.CC. The summed E-state index contributed by atoms with van der Waals surface area (Å²) >= 11 is 0. The maximum absolute atomic E-state index is 4.16. The second-order valence-electron chi connectivity index (χ2n) is 2.94. The van der Waals surface area contributed by atoms with Gasteiger partial charge in [0.25, 0.3) is 0 Å². The topological polar surface area (TPSA) is 17.8 Å². The molecule has 0 spiro atoms. The second-order valence-corrected chi connectivity index (χ2v) is 2.94. The van der Waals surface area contributed by atoms with Gasteiger partial charge >= 0.3 is 0 Å². The summed E-state index contributed by atoms with van der Waals surface area (Å²) in [4.78, 5) is 4.16. The first-order valence-corrected chi connectivity index (χ1v) is 5.60. The molecule has 0 bridgehead atoms. The minimum Gasteiger partial charge on any atom is -0.311 e. The molecule has 0 atom stereocenters. The Balaban J connectivity index is 0.000000921. The monoisotopic (exact) mass is 206 g/mol. The minimum atomic E-state index is 1.02. The van der Waals surface area contributed by atoms with Crippen molar-refractivity contribution in [1.29, 1.82) is 0 Å². The van der Waals surface area contributed by atoms with Gasteiger partial charge in [-0.15, -0.1) is 0 Å². The van der Waals surface area contributed by atoms with Crippen LogP contribution in [0.3, 0.4) is 0 Å². The first-order chi connectivity index (χ1) is 7.27.